The quantitative estimate of drug-likeness (QED) is 0.720. The van der Waals surface area contributed by atoms with Crippen molar-refractivity contribution in [1.82, 2.24) is 4.98 Å². The summed E-state index contributed by atoms with van der Waals surface area (Å²) >= 11 is 1.59. The number of aromatic nitrogens is 1. The SMILES string of the molecule is COCCc1nc(CC(C)=O)cs1. The summed E-state index contributed by atoms with van der Waals surface area (Å²) in [5, 5.41) is 2.98. The first-order valence-corrected chi connectivity index (χ1v) is 5.02. The van der Waals surface area contributed by atoms with Crippen molar-refractivity contribution in [3.05, 3.63) is 16.1 Å². The molecule has 0 N–H and O–H groups in total. The van der Waals surface area contributed by atoms with Gasteiger partial charge in [0, 0.05) is 25.3 Å². The molecule has 0 saturated carbocycles. The van der Waals surface area contributed by atoms with Crippen LogP contribution in [0.25, 0.3) is 0 Å². The maximum atomic E-state index is 10.8. The van der Waals surface area contributed by atoms with E-state index in [0.717, 1.165) is 17.1 Å². The van der Waals surface area contributed by atoms with Crippen LogP contribution in [-0.4, -0.2) is 24.5 Å². The van der Waals surface area contributed by atoms with Crippen molar-refractivity contribution in [2.45, 2.75) is 19.8 Å². The molecule has 0 aliphatic heterocycles. The Bertz CT molecular complexity index is 283. The van der Waals surface area contributed by atoms with Gasteiger partial charge in [0.15, 0.2) is 0 Å². The molecule has 0 saturated heterocycles. The number of ether oxygens (including phenoxy) is 1. The molecule has 0 unspecified atom stereocenters. The van der Waals surface area contributed by atoms with Gasteiger partial charge < -0.3 is 4.74 Å². The van der Waals surface area contributed by atoms with Crippen molar-refractivity contribution in [3.8, 4) is 0 Å². The fourth-order valence-corrected chi connectivity index (χ4v) is 1.77. The van der Waals surface area contributed by atoms with Gasteiger partial charge in [0.1, 0.15) is 5.78 Å². The van der Waals surface area contributed by atoms with Gasteiger partial charge in [0.2, 0.25) is 0 Å². The molecule has 0 atom stereocenters. The van der Waals surface area contributed by atoms with Crippen molar-refractivity contribution < 1.29 is 9.53 Å². The topological polar surface area (TPSA) is 39.2 Å². The fourth-order valence-electron chi connectivity index (χ4n) is 0.989. The highest BCUT2D eigenvalue weighted by Gasteiger charge is 2.03. The van der Waals surface area contributed by atoms with Crippen LogP contribution in [0, 0.1) is 0 Å². The van der Waals surface area contributed by atoms with Crippen molar-refractivity contribution in [3.63, 3.8) is 0 Å². The Labute approximate surface area is 81.8 Å². The van der Waals surface area contributed by atoms with Crippen molar-refractivity contribution in [1.29, 1.82) is 0 Å². The molecule has 1 aromatic heterocycles. The summed E-state index contributed by atoms with van der Waals surface area (Å²) in [5.74, 6) is 0.156. The maximum absolute atomic E-state index is 10.8. The van der Waals surface area contributed by atoms with Gasteiger partial charge in [-0.05, 0) is 6.92 Å². The van der Waals surface area contributed by atoms with Crippen LogP contribution >= 0.6 is 11.3 Å². The zero-order valence-corrected chi connectivity index (χ0v) is 8.69. The lowest BCUT2D eigenvalue weighted by Crippen LogP contribution is -1.98. The molecule has 0 bridgehead atoms. The number of ketones is 1. The summed E-state index contributed by atoms with van der Waals surface area (Å²) in [5.41, 5.74) is 0.878. The lowest BCUT2D eigenvalue weighted by atomic mass is 10.2. The fraction of sp³-hybridized carbons (Fsp3) is 0.556. The van der Waals surface area contributed by atoms with Gasteiger partial charge in [-0.1, -0.05) is 0 Å². The second-order valence-corrected chi connectivity index (χ2v) is 3.80. The van der Waals surface area contributed by atoms with E-state index in [2.05, 4.69) is 4.98 Å². The average molecular weight is 199 g/mol. The van der Waals surface area contributed by atoms with E-state index < -0.39 is 0 Å². The molecule has 4 heteroatoms. The summed E-state index contributed by atoms with van der Waals surface area (Å²) < 4.78 is 4.94. The number of thiazole rings is 1. The normalized spacial score (nSPS) is 10.3. The van der Waals surface area contributed by atoms with Crippen LogP contribution in [0.5, 0.6) is 0 Å². The van der Waals surface area contributed by atoms with Gasteiger partial charge in [-0.25, -0.2) is 4.98 Å². The highest BCUT2D eigenvalue weighted by atomic mass is 32.1. The molecule has 0 aromatic carbocycles. The van der Waals surface area contributed by atoms with E-state index in [-0.39, 0.29) is 5.78 Å². The Morgan fingerprint density at radius 2 is 2.46 bits per heavy atom. The van der Waals surface area contributed by atoms with Gasteiger partial charge in [-0.3, -0.25) is 4.79 Å². The summed E-state index contributed by atoms with van der Waals surface area (Å²) in [6, 6.07) is 0. The summed E-state index contributed by atoms with van der Waals surface area (Å²) in [6.45, 7) is 2.27. The summed E-state index contributed by atoms with van der Waals surface area (Å²) in [7, 11) is 1.67. The van der Waals surface area contributed by atoms with Gasteiger partial charge in [-0.15, -0.1) is 11.3 Å². The highest BCUT2D eigenvalue weighted by molar-refractivity contribution is 7.09. The molecule has 0 aliphatic rings. The van der Waals surface area contributed by atoms with Gasteiger partial charge >= 0.3 is 0 Å². The summed E-state index contributed by atoms with van der Waals surface area (Å²) in [6.07, 6.45) is 1.28. The molecule has 72 valence electrons. The van der Waals surface area contributed by atoms with E-state index >= 15 is 0 Å². The van der Waals surface area contributed by atoms with Gasteiger partial charge in [-0.2, -0.15) is 0 Å². The number of carbonyl (C=O) groups is 1. The first kappa shape index (κ1) is 10.3. The zero-order valence-electron chi connectivity index (χ0n) is 7.87. The molecule has 13 heavy (non-hydrogen) atoms. The number of Topliss-reactive ketones (excluding diaryl/α,β-unsaturated/α-hetero) is 1. The molecule has 1 rings (SSSR count). The molecule has 3 nitrogen and oxygen atoms in total. The van der Waals surface area contributed by atoms with E-state index in [4.69, 9.17) is 4.74 Å². The third-order valence-electron chi connectivity index (χ3n) is 1.55. The third-order valence-corrected chi connectivity index (χ3v) is 2.51. The van der Waals surface area contributed by atoms with Crippen LogP contribution in [0.1, 0.15) is 17.6 Å². The van der Waals surface area contributed by atoms with E-state index in [1.807, 2.05) is 5.38 Å². The van der Waals surface area contributed by atoms with E-state index in [1.54, 1.807) is 25.4 Å². The van der Waals surface area contributed by atoms with E-state index in [1.165, 1.54) is 0 Å². The van der Waals surface area contributed by atoms with Crippen LogP contribution in [0.3, 0.4) is 0 Å². The molecule has 0 aliphatic carbocycles. The number of nitrogens with zero attached hydrogens (tertiary/aromatic N) is 1. The molecular formula is C9H13NO2S. The van der Waals surface area contributed by atoms with Crippen molar-refractivity contribution in [2.24, 2.45) is 0 Å². The van der Waals surface area contributed by atoms with E-state index in [0.29, 0.717) is 13.0 Å². The Morgan fingerprint density at radius 1 is 1.69 bits per heavy atom. The number of methoxy groups -OCH3 is 1. The van der Waals surface area contributed by atoms with Crippen molar-refractivity contribution in [2.75, 3.05) is 13.7 Å². The van der Waals surface area contributed by atoms with Crippen LogP contribution in [0.4, 0.5) is 0 Å². The Morgan fingerprint density at radius 3 is 3.08 bits per heavy atom. The number of carbonyl (C=O) groups excluding carboxylic acids is 1. The standard InChI is InChI=1S/C9H13NO2S/c1-7(11)5-8-6-13-9(10-8)3-4-12-2/h6H,3-5H2,1-2H3. The molecule has 0 amide bonds. The molecular weight excluding hydrogens is 186 g/mol. The second-order valence-electron chi connectivity index (χ2n) is 2.85. The molecule has 0 radical (unpaired) electrons. The Balaban J connectivity index is 2.48. The Hall–Kier alpha value is -0.740. The smallest absolute Gasteiger partial charge is 0.135 e. The van der Waals surface area contributed by atoms with Crippen LogP contribution in [0.2, 0.25) is 0 Å². The monoisotopic (exact) mass is 199 g/mol. The highest BCUT2D eigenvalue weighted by Crippen LogP contribution is 2.11. The summed E-state index contributed by atoms with van der Waals surface area (Å²) in [4.78, 5) is 15.1. The number of hydrogen-bond acceptors (Lipinski definition) is 4. The Kier molecular flexibility index (Phi) is 4.05. The van der Waals surface area contributed by atoms with Gasteiger partial charge in [0.05, 0.1) is 17.3 Å². The zero-order chi connectivity index (χ0) is 9.68. The predicted octanol–water partition coefficient (Wildman–Crippen LogP) is 1.46. The first-order chi connectivity index (χ1) is 6.22. The number of hydrogen-bond donors (Lipinski definition) is 0. The minimum absolute atomic E-state index is 0.156. The minimum Gasteiger partial charge on any atom is -0.384 e. The van der Waals surface area contributed by atoms with E-state index in [9.17, 15) is 4.79 Å². The molecule has 0 fully saturated rings. The minimum atomic E-state index is 0.156. The molecule has 1 heterocycles. The van der Waals surface area contributed by atoms with Crippen LogP contribution in [0.15, 0.2) is 5.38 Å². The average Bonchev–Trinajstić information content (AvgIpc) is 2.48. The predicted molar refractivity (Wildman–Crippen MR) is 52.1 cm³/mol. The number of rotatable bonds is 5. The maximum Gasteiger partial charge on any atom is 0.135 e. The second kappa shape index (κ2) is 5.09. The molecule has 1 aromatic rings. The van der Waals surface area contributed by atoms with Crippen LogP contribution < -0.4 is 0 Å². The lowest BCUT2D eigenvalue weighted by Gasteiger charge is -1.93. The first-order valence-electron chi connectivity index (χ1n) is 4.14. The molecule has 0 spiro atoms. The largest absolute Gasteiger partial charge is 0.384 e. The van der Waals surface area contributed by atoms with Gasteiger partial charge in [0.25, 0.3) is 0 Å². The third kappa shape index (κ3) is 3.65. The van der Waals surface area contributed by atoms with Crippen LogP contribution in [-0.2, 0) is 22.4 Å². The van der Waals surface area contributed by atoms with Crippen molar-refractivity contribution >= 4 is 17.1 Å². The lowest BCUT2D eigenvalue weighted by molar-refractivity contribution is -0.116.